The molecule has 1 aliphatic heterocycles. The van der Waals surface area contributed by atoms with Crippen molar-refractivity contribution in [3.05, 3.63) is 65.2 Å². The van der Waals surface area contributed by atoms with Crippen LogP contribution in [-0.2, 0) is 11.2 Å². The Morgan fingerprint density at radius 2 is 1.87 bits per heavy atom. The van der Waals surface area contributed by atoms with Gasteiger partial charge in [-0.3, -0.25) is 0 Å². The highest BCUT2D eigenvalue weighted by Crippen LogP contribution is 2.31. The topological polar surface area (TPSA) is 20.3 Å². The minimum atomic E-state index is 0.356. The van der Waals surface area contributed by atoms with Gasteiger partial charge in [-0.05, 0) is 54.5 Å². The summed E-state index contributed by atoms with van der Waals surface area (Å²) in [5.74, 6) is 0.590. The van der Waals surface area contributed by atoms with Crippen molar-refractivity contribution in [3.8, 4) is 0 Å². The van der Waals surface area contributed by atoms with Crippen LogP contribution in [0.1, 0.15) is 36.5 Å². The van der Waals surface area contributed by atoms with Crippen molar-refractivity contribution in [2.75, 3.05) is 11.4 Å². The fraction of sp³-hybridized carbons (Fsp3) is 0.381. The number of aryl methyl sites for hydroxylation is 1. The molecule has 2 atom stereocenters. The van der Waals surface area contributed by atoms with E-state index in [0.29, 0.717) is 18.4 Å². The second-order valence-electron chi connectivity index (χ2n) is 6.70. The largest absolute Gasteiger partial charge is 0.368 e. The van der Waals surface area contributed by atoms with Gasteiger partial charge in [-0.1, -0.05) is 43.3 Å². The molecule has 2 aromatic carbocycles. The van der Waals surface area contributed by atoms with Gasteiger partial charge in [0.1, 0.15) is 6.29 Å². The molecule has 0 aromatic heterocycles. The van der Waals surface area contributed by atoms with Crippen LogP contribution in [0.3, 0.4) is 0 Å². The highest BCUT2D eigenvalue weighted by molar-refractivity contribution is 5.56. The maximum Gasteiger partial charge on any atom is 0.122 e. The third kappa shape index (κ3) is 3.47. The standard InChI is InChI=1S/C21H25NO/c1-16-5-3-4-6-19(16)15-18-7-9-20(10-8-18)22-13-11-17(2)21(22)12-14-23/h3-10,14,17,21H,11-13,15H2,1-2H3. The van der Waals surface area contributed by atoms with E-state index in [2.05, 4.69) is 67.3 Å². The molecule has 1 aliphatic rings. The van der Waals surface area contributed by atoms with Crippen molar-refractivity contribution in [1.29, 1.82) is 0 Å². The molecule has 1 saturated heterocycles. The monoisotopic (exact) mass is 307 g/mol. The number of hydrogen-bond donors (Lipinski definition) is 0. The number of rotatable bonds is 5. The molecule has 0 bridgehead atoms. The van der Waals surface area contributed by atoms with Crippen LogP contribution in [0.25, 0.3) is 0 Å². The van der Waals surface area contributed by atoms with E-state index in [0.717, 1.165) is 19.3 Å². The second-order valence-corrected chi connectivity index (χ2v) is 6.70. The molecule has 1 fully saturated rings. The number of benzene rings is 2. The fourth-order valence-electron chi connectivity index (χ4n) is 3.62. The minimum Gasteiger partial charge on any atom is -0.368 e. The van der Waals surface area contributed by atoms with E-state index in [1.165, 1.54) is 28.8 Å². The molecular formula is C21H25NO. The van der Waals surface area contributed by atoms with Gasteiger partial charge < -0.3 is 9.69 Å². The van der Waals surface area contributed by atoms with E-state index in [1.807, 2.05) is 0 Å². The van der Waals surface area contributed by atoms with Gasteiger partial charge in [0.2, 0.25) is 0 Å². The summed E-state index contributed by atoms with van der Waals surface area (Å²) >= 11 is 0. The maximum absolute atomic E-state index is 10.9. The van der Waals surface area contributed by atoms with E-state index in [-0.39, 0.29) is 0 Å². The van der Waals surface area contributed by atoms with Gasteiger partial charge in [0.25, 0.3) is 0 Å². The number of anilines is 1. The summed E-state index contributed by atoms with van der Waals surface area (Å²) in [5.41, 5.74) is 5.31. The second kappa shape index (κ2) is 6.99. The van der Waals surface area contributed by atoms with Crippen LogP contribution in [0, 0.1) is 12.8 Å². The first-order chi connectivity index (χ1) is 11.2. The van der Waals surface area contributed by atoms with E-state index >= 15 is 0 Å². The summed E-state index contributed by atoms with van der Waals surface area (Å²) in [6.45, 7) is 5.47. The number of carbonyl (C=O) groups is 1. The molecule has 0 radical (unpaired) electrons. The summed E-state index contributed by atoms with van der Waals surface area (Å²) in [7, 11) is 0. The van der Waals surface area contributed by atoms with Gasteiger partial charge in [-0.2, -0.15) is 0 Å². The molecule has 0 N–H and O–H groups in total. The van der Waals surface area contributed by atoms with Gasteiger partial charge in [-0.15, -0.1) is 0 Å². The van der Waals surface area contributed by atoms with Crippen LogP contribution in [-0.4, -0.2) is 18.9 Å². The molecule has 0 amide bonds. The summed E-state index contributed by atoms with van der Waals surface area (Å²) in [6.07, 6.45) is 3.84. The van der Waals surface area contributed by atoms with Crippen molar-refractivity contribution in [2.24, 2.45) is 5.92 Å². The molecule has 2 nitrogen and oxygen atoms in total. The van der Waals surface area contributed by atoms with Gasteiger partial charge in [0.15, 0.2) is 0 Å². The predicted octanol–water partition coefficient (Wildman–Crippen LogP) is 4.39. The molecule has 120 valence electrons. The van der Waals surface area contributed by atoms with Gasteiger partial charge >= 0.3 is 0 Å². The first-order valence-electron chi connectivity index (χ1n) is 8.52. The Balaban J connectivity index is 1.74. The van der Waals surface area contributed by atoms with E-state index in [1.54, 1.807) is 0 Å². The Morgan fingerprint density at radius 1 is 1.13 bits per heavy atom. The molecular weight excluding hydrogens is 282 g/mol. The summed E-state index contributed by atoms with van der Waals surface area (Å²) in [4.78, 5) is 13.3. The third-order valence-electron chi connectivity index (χ3n) is 5.14. The van der Waals surface area contributed by atoms with Crippen LogP contribution < -0.4 is 4.90 Å². The van der Waals surface area contributed by atoms with Crippen LogP contribution in [0.2, 0.25) is 0 Å². The Kier molecular flexibility index (Phi) is 4.80. The summed E-state index contributed by atoms with van der Waals surface area (Å²) < 4.78 is 0. The highest BCUT2D eigenvalue weighted by Gasteiger charge is 2.30. The third-order valence-corrected chi connectivity index (χ3v) is 5.14. The molecule has 0 spiro atoms. The normalized spacial score (nSPS) is 20.7. The van der Waals surface area contributed by atoms with Crippen LogP contribution in [0.4, 0.5) is 5.69 Å². The fourth-order valence-corrected chi connectivity index (χ4v) is 3.62. The highest BCUT2D eigenvalue weighted by atomic mass is 16.1. The Bertz CT molecular complexity index is 662. The van der Waals surface area contributed by atoms with Gasteiger partial charge in [-0.25, -0.2) is 0 Å². The van der Waals surface area contributed by atoms with Crippen LogP contribution in [0.15, 0.2) is 48.5 Å². The molecule has 2 unspecified atom stereocenters. The smallest absolute Gasteiger partial charge is 0.122 e. The zero-order valence-electron chi connectivity index (χ0n) is 14.0. The van der Waals surface area contributed by atoms with Crippen molar-refractivity contribution in [1.82, 2.24) is 0 Å². The van der Waals surface area contributed by atoms with E-state index < -0.39 is 0 Å². The van der Waals surface area contributed by atoms with Crippen molar-refractivity contribution < 1.29 is 4.79 Å². The van der Waals surface area contributed by atoms with Gasteiger partial charge in [0.05, 0.1) is 0 Å². The zero-order chi connectivity index (χ0) is 16.2. The zero-order valence-corrected chi connectivity index (χ0v) is 14.0. The molecule has 2 aromatic rings. The first-order valence-corrected chi connectivity index (χ1v) is 8.52. The minimum absolute atomic E-state index is 0.356. The number of hydrogen-bond acceptors (Lipinski definition) is 2. The Hall–Kier alpha value is -2.09. The van der Waals surface area contributed by atoms with E-state index in [4.69, 9.17) is 0 Å². The molecule has 2 heteroatoms. The number of carbonyl (C=O) groups excluding carboxylic acids is 1. The molecule has 3 rings (SSSR count). The quantitative estimate of drug-likeness (QED) is 0.764. The van der Waals surface area contributed by atoms with Crippen LogP contribution in [0.5, 0.6) is 0 Å². The van der Waals surface area contributed by atoms with Crippen molar-refractivity contribution in [3.63, 3.8) is 0 Å². The van der Waals surface area contributed by atoms with Crippen molar-refractivity contribution >= 4 is 12.0 Å². The summed E-state index contributed by atoms with van der Waals surface area (Å²) in [5, 5.41) is 0. The average molecular weight is 307 g/mol. The lowest BCUT2D eigenvalue weighted by molar-refractivity contribution is -0.108. The Labute approximate surface area is 139 Å². The molecule has 1 heterocycles. The Morgan fingerprint density at radius 3 is 2.57 bits per heavy atom. The predicted molar refractivity (Wildman–Crippen MR) is 96.0 cm³/mol. The maximum atomic E-state index is 10.9. The first kappa shape index (κ1) is 15.8. The number of nitrogens with zero attached hydrogens (tertiary/aromatic N) is 1. The van der Waals surface area contributed by atoms with E-state index in [9.17, 15) is 4.79 Å². The van der Waals surface area contributed by atoms with Crippen molar-refractivity contribution in [2.45, 2.75) is 39.2 Å². The van der Waals surface area contributed by atoms with Gasteiger partial charge in [0, 0.05) is 24.7 Å². The number of aldehydes is 1. The average Bonchev–Trinajstić information content (AvgIpc) is 2.92. The molecule has 23 heavy (non-hydrogen) atoms. The lowest BCUT2D eigenvalue weighted by atomic mass is 9.99. The summed E-state index contributed by atoms with van der Waals surface area (Å²) in [6, 6.07) is 17.8. The lowest BCUT2D eigenvalue weighted by Gasteiger charge is -2.27. The van der Waals surface area contributed by atoms with Crippen LogP contribution >= 0.6 is 0 Å². The molecule has 0 saturated carbocycles. The lowest BCUT2D eigenvalue weighted by Crippen LogP contribution is -2.32. The SMILES string of the molecule is Cc1ccccc1Cc1ccc(N2CCC(C)C2CC=O)cc1. The molecule has 0 aliphatic carbocycles.